The van der Waals surface area contributed by atoms with E-state index in [9.17, 15) is 18.0 Å². The van der Waals surface area contributed by atoms with Crippen molar-refractivity contribution in [3.05, 3.63) is 35.1 Å². The van der Waals surface area contributed by atoms with Gasteiger partial charge in [0.25, 0.3) is 5.91 Å². The van der Waals surface area contributed by atoms with Crippen LogP contribution in [-0.4, -0.2) is 18.0 Å². The highest BCUT2D eigenvalue weighted by Crippen LogP contribution is 2.14. The molecule has 3 N–H and O–H groups in total. The van der Waals surface area contributed by atoms with Crippen LogP contribution in [0.4, 0.5) is 13.2 Å². The lowest BCUT2D eigenvalue weighted by Gasteiger charge is -2.19. The smallest absolute Gasteiger partial charge is 0.257 e. The standard InChI is InChI=1S/C11H13F3N2O/c1-11(2,15)5-16-10(17)9-7(13)3-6(12)4-8(9)14/h3-4H,5,15H2,1-2H3,(H,16,17). The largest absolute Gasteiger partial charge is 0.350 e. The van der Waals surface area contributed by atoms with Crippen LogP contribution in [0, 0.1) is 17.5 Å². The predicted octanol–water partition coefficient (Wildman–Crippen LogP) is 1.57. The van der Waals surface area contributed by atoms with E-state index in [4.69, 9.17) is 5.73 Å². The van der Waals surface area contributed by atoms with E-state index in [1.165, 1.54) is 0 Å². The molecule has 0 saturated carbocycles. The van der Waals surface area contributed by atoms with Gasteiger partial charge in [-0.3, -0.25) is 4.79 Å². The van der Waals surface area contributed by atoms with Gasteiger partial charge in [-0.15, -0.1) is 0 Å². The van der Waals surface area contributed by atoms with E-state index >= 15 is 0 Å². The van der Waals surface area contributed by atoms with Crippen molar-refractivity contribution < 1.29 is 18.0 Å². The van der Waals surface area contributed by atoms with Gasteiger partial charge in [-0.2, -0.15) is 0 Å². The first-order valence-corrected chi connectivity index (χ1v) is 4.92. The van der Waals surface area contributed by atoms with Crippen LogP contribution in [0.5, 0.6) is 0 Å². The number of nitrogens with one attached hydrogen (secondary N) is 1. The molecule has 1 aromatic carbocycles. The number of benzene rings is 1. The molecule has 1 rings (SSSR count). The van der Waals surface area contributed by atoms with Gasteiger partial charge in [-0.05, 0) is 13.8 Å². The van der Waals surface area contributed by atoms with Gasteiger partial charge in [-0.25, -0.2) is 13.2 Å². The molecule has 0 aliphatic rings. The molecular weight excluding hydrogens is 233 g/mol. The van der Waals surface area contributed by atoms with Crippen LogP contribution in [-0.2, 0) is 0 Å². The van der Waals surface area contributed by atoms with E-state index in [0.717, 1.165) is 0 Å². The predicted molar refractivity (Wildman–Crippen MR) is 56.9 cm³/mol. The van der Waals surface area contributed by atoms with Crippen molar-refractivity contribution in [3.63, 3.8) is 0 Å². The Kier molecular flexibility index (Phi) is 3.77. The number of hydrogen-bond donors (Lipinski definition) is 2. The van der Waals surface area contributed by atoms with Gasteiger partial charge in [0.05, 0.1) is 0 Å². The van der Waals surface area contributed by atoms with Crippen molar-refractivity contribution in [3.8, 4) is 0 Å². The minimum absolute atomic E-state index is 0.0437. The monoisotopic (exact) mass is 246 g/mol. The Balaban J connectivity index is 2.90. The van der Waals surface area contributed by atoms with Gasteiger partial charge >= 0.3 is 0 Å². The van der Waals surface area contributed by atoms with Crippen LogP contribution in [0.1, 0.15) is 24.2 Å². The molecule has 0 aliphatic carbocycles. The first-order valence-electron chi connectivity index (χ1n) is 4.92. The van der Waals surface area contributed by atoms with E-state index in [1.54, 1.807) is 13.8 Å². The molecule has 1 aromatic rings. The van der Waals surface area contributed by atoms with Gasteiger partial charge in [0, 0.05) is 24.2 Å². The number of carbonyl (C=O) groups excluding carboxylic acids is 1. The molecule has 0 bridgehead atoms. The molecule has 6 heteroatoms. The molecule has 0 saturated heterocycles. The Morgan fingerprint density at radius 1 is 1.29 bits per heavy atom. The molecule has 1 amide bonds. The fraction of sp³-hybridized carbons (Fsp3) is 0.364. The summed E-state index contributed by atoms with van der Waals surface area (Å²) in [6.07, 6.45) is 0. The third kappa shape index (κ3) is 3.74. The zero-order valence-electron chi connectivity index (χ0n) is 9.48. The fourth-order valence-electron chi connectivity index (χ4n) is 1.16. The molecule has 0 radical (unpaired) electrons. The molecular formula is C11H13F3N2O. The van der Waals surface area contributed by atoms with Crippen LogP contribution >= 0.6 is 0 Å². The zero-order valence-corrected chi connectivity index (χ0v) is 9.48. The van der Waals surface area contributed by atoms with Crippen molar-refractivity contribution in [1.82, 2.24) is 5.32 Å². The van der Waals surface area contributed by atoms with Gasteiger partial charge in [-0.1, -0.05) is 0 Å². The summed E-state index contributed by atoms with van der Waals surface area (Å²) in [4.78, 5) is 11.5. The van der Waals surface area contributed by atoms with E-state index in [-0.39, 0.29) is 6.54 Å². The zero-order chi connectivity index (χ0) is 13.2. The minimum atomic E-state index is -1.24. The molecule has 0 atom stereocenters. The Hall–Kier alpha value is -1.56. The van der Waals surface area contributed by atoms with E-state index < -0.39 is 34.5 Å². The maximum Gasteiger partial charge on any atom is 0.257 e. The van der Waals surface area contributed by atoms with Crippen molar-refractivity contribution >= 4 is 5.91 Å². The van der Waals surface area contributed by atoms with Crippen molar-refractivity contribution in [2.75, 3.05) is 6.54 Å². The molecule has 17 heavy (non-hydrogen) atoms. The van der Waals surface area contributed by atoms with Crippen LogP contribution in [0.3, 0.4) is 0 Å². The highest BCUT2D eigenvalue weighted by atomic mass is 19.1. The molecule has 3 nitrogen and oxygen atoms in total. The number of hydrogen-bond acceptors (Lipinski definition) is 2. The Labute approximate surface area is 96.8 Å². The summed E-state index contributed by atoms with van der Waals surface area (Å²) in [6.45, 7) is 3.33. The minimum Gasteiger partial charge on any atom is -0.350 e. The summed E-state index contributed by atoms with van der Waals surface area (Å²) in [5, 5.41) is 2.27. The second-order valence-electron chi connectivity index (χ2n) is 4.42. The molecule has 94 valence electrons. The number of nitrogens with two attached hydrogens (primary N) is 1. The number of halogens is 3. The van der Waals surface area contributed by atoms with E-state index in [2.05, 4.69) is 5.32 Å². The van der Waals surface area contributed by atoms with E-state index in [0.29, 0.717) is 12.1 Å². The Morgan fingerprint density at radius 2 is 1.76 bits per heavy atom. The second-order valence-corrected chi connectivity index (χ2v) is 4.42. The first-order chi connectivity index (χ1) is 7.70. The second kappa shape index (κ2) is 4.75. The molecule has 0 unspecified atom stereocenters. The van der Waals surface area contributed by atoms with Crippen molar-refractivity contribution in [1.29, 1.82) is 0 Å². The molecule has 0 spiro atoms. The van der Waals surface area contributed by atoms with Crippen molar-refractivity contribution in [2.24, 2.45) is 5.73 Å². The summed E-state index contributed by atoms with van der Waals surface area (Å²) in [7, 11) is 0. The summed E-state index contributed by atoms with van der Waals surface area (Å²) in [5.74, 6) is -4.51. The lowest BCUT2D eigenvalue weighted by atomic mass is 10.1. The summed E-state index contributed by atoms with van der Waals surface area (Å²) < 4.78 is 39.0. The maximum atomic E-state index is 13.2. The molecule has 0 aromatic heterocycles. The summed E-state index contributed by atoms with van der Waals surface area (Å²) >= 11 is 0. The van der Waals surface area contributed by atoms with Crippen LogP contribution in [0.25, 0.3) is 0 Å². The quantitative estimate of drug-likeness (QED) is 0.850. The highest BCUT2D eigenvalue weighted by molar-refractivity contribution is 5.94. The normalized spacial score (nSPS) is 11.4. The fourth-order valence-corrected chi connectivity index (χ4v) is 1.16. The van der Waals surface area contributed by atoms with Gasteiger partial charge in [0.2, 0.25) is 0 Å². The third-order valence-electron chi connectivity index (χ3n) is 1.94. The Bertz CT molecular complexity index is 418. The highest BCUT2D eigenvalue weighted by Gasteiger charge is 2.20. The summed E-state index contributed by atoms with van der Waals surface area (Å²) in [5.41, 5.74) is 4.08. The maximum absolute atomic E-state index is 13.2. The number of carbonyl (C=O) groups is 1. The van der Waals surface area contributed by atoms with Gasteiger partial charge < -0.3 is 11.1 Å². The van der Waals surface area contributed by atoms with Crippen LogP contribution < -0.4 is 11.1 Å². The van der Waals surface area contributed by atoms with Gasteiger partial charge in [0.15, 0.2) is 0 Å². The lowest BCUT2D eigenvalue weighted by Crippen LogP contribution is -2.45. The third-order valence-corrected chi connectivity index (χ3v) is 1.94. The van der Waals surface area contributed by atoms with Crippen LogP contribution in [0.15, 0.2) is 12.1 Å². The number of amides is 1. The van der Waals surface area contributed by atoms with E-state index in [1.807, 2.05) is 0 Å². The Morgan fingerprint density at radius 3 is 2.18 bits per heavy atom. The lowest BCUT2D eigenvalue weighted by molar-refractivity contribution is 0.0937. The molecule has 0 fully saturated rings. The molecule has 0 aliphatic heterocycles. The van der Waals surface area contributed by atoms with Crippen LogP contribution in [0.2, 0.25) is 0 Å². The topological polar surface area (TPSA) is 55.1 Å². The average Bonchev–Trinajstić information content (AvgIpc) is 2.11. The van der Waals surface area contributed by atoms with Gasteiger partial charge in [0.1, 0.15) is 23.0 Å². The first kappa shape index (κ1) is 13.5. The number of rotatable bonds is 3. The summed E-state index contributed by atoms with van der Waals surface area (Å²) in [6, 6.07) is 0.900. The SMILES string of the molecule is CC(C)(N)CNC(=O)c1c(F)cc(F)cc1F. The average molecular weight is 246 g/mol. The van der Waals surface area contributed by atoms with Crippen molar-refractivity contribution in [2.45, 2.75) is 19.4 Å². The molecule has 0 heterocycles.